The van der Waals surface area contributed by atoms with E-state index in [9.17, 15) is 14.4 Å². The van der Waals surface area contributed by atoms with Crippen LogP contribution in [-0.2, 0) is 17.8 Å². The Hall–Kier alpha value is -2.54. The van der Waals surface area contributed by atoms with Crippen molar-refractivity contribution in [2.24, 2.45) is 5.41 Å². The molecule has 4 rings (SSSR count). The number of hydrogen-bond donors (Lipinski definition) is 1. The Morgan fingerprint density at radius 1 is 1.31 bits per heavy atom. The summed E-state index contributed by atoms with van der Waals surface area (Å²) in [6, 6.07) is 8.99. The number of nitrogens with one attached hydrogen (secondary N) is 1. The molecule has 7 heteroatoms. The van der Waals surface area contributed by atoms with E-state index in [1.165, 1.54) is 4.90 Å². The largest absolute Gasteiger partial charge is 0.466 e. The van der Waals surface area contributed by atoms with Crippen LogP contribution in [0.15, 0.2) is 34.7 Å². The lowest BCUT2D eigenvalue weighted by atomic mass is 9.74. The Bertz CT molecular complexity index is 978. The van der Waals surface area contributed by atoms with Crippen LogP contribution in [0, 0.1) is 12.3 Å². The average molecular weight is 413 g/mol. The first-order valence-electron chi connectivity index (χ1n) is 9.68. The summed E-state index contributed by atoms with van der Waals surface area (Å²) in [4.78, 5) is 37.9. The van der Waals surface area contributed by atoms with E-state index in [1.54, 1.807) is 18.2 Å². The third kappa shape index (κ3) is 4.10. The Kier molecular flexibility index (Phi) is 5.02. The van der Waals surface area contributed by atoms with Crippen LogP contribution in [0.1, 0.15) is 59.3 Å². The van der Waals surface area contributed by atoms with Gasteiger partial charge in [0.2, 0.25) is 5.91 Å². The van der Waals surface area contributed by atoms with Crippen molar-refractivity contribution in [2.45, 2.75) is 46.2 Å². The Morgan fingerprint density at radius 2 is 2.10 bits per heavy atom. The lowest BCUT2D eigenvalue weighted by Crippen LogP contribution is -2.36. The van der Waals surface area contributed by atoms with E-state index in [0.29, 0.717) is 5.56 Å². The molecule has 0 saturated carbocycles. The number of carbonyl (C=O) groups is 3. The highest BCUT2D eigenvalue weighted by Crippen LogP contribution is 2.42. The van der Waals surface area contributed by atoms with Gasteiger partial charge in [0.05, 0.1) is 18.3 Å². The topological polar surface area (TPSA) is 79.6 Å². The molecular formula is C22H24N2O4S. The highest BCUT2D eigenvalue weighted by Gasteiger charge is 2.36. The lowest BCUT2D eigenvalue weighted by molar-refractivity contribution is -0.125. The van der Waals surface area contributed by atoms with Crippen molar-refractivity contribution in [1.29, 1.82) is 0 Å². The molecule has 0 radical (unpaired) electrons. The molecule has 2 aromatic rings. The zero-order valence-corrected chi connectivity index (χ0v) is 17.6. The number of thioether (sulfide) groups is 1. The van der Waals surface area contributed by atoms with Crippen LogP contribution in [-0.4, -0.2) is 27.7 Å². The molecule has 1 aliphatic carbocycles. The van der Waals surface area contributed by atoms with Crippen LogP contribution in [0.25, 0.3) is 0 Å². The quantitative estimate of drug-likeness (QED) is 0.813. The van der Waals surface area contributed by atoms with Crippen molar-refractivity contribution < 1.29 is 18.8 Å². The molecule has 152 valence electrons. The number of furan rings is 1. The van der Waals surface area contributed by atoms with Crippen molar-refractivity contribution in [3.05, 3.63) is 58.5 Å². The Labute approximate surface area is 174 Å². The van der Waals surface area contributed by atoms with Gasteiger partial charge in [0, 0.05) is 17.5 Å². The highest BCUT2D eigenvalue weighted by atomic mass is 32.2. The summed E-state index contributed by atoms with van der Waals surface area (Å²) in [6.45, 7) is 6.46. The minimum Gasteiger partial charge on any atom is -0.466 e. The smallest absolute Gasteiger partial charge is 0.289 e. The van der Waals surface area contributed by atoms with Crippen molar-refractivity contribution in [3.8, 4) is 0 Å². The van der Waals surface area contributed by atoms with E-state index >= 15 is 0 Å². The van der Waals surface area contributed by atoms with Crippen LogP contribution in [0.3, 0.4) is 0 Å². The van der Waals surface area contributed by atoms with E-state index in [0.717, 1.165) is 47.3 Å². The molecule has 1 N–H and O–H groups in total. The van der Waals surface area contributed by atoms with Gasteiger partial charge >= 0.3 is 0 Å². The van der Waals surface area contributed by atoms with E-state index in [-0.39, 0.29) is 40.8 Å². The summed E-state index contributed by atoms with van der Waals surface area (Å²) >= 11 is 1.01. The zero-order chi connectivity index (χ0) is 20.8. The Balaban J connectivity index is 1.52. The zero-order valence-electron chi connectivity index (χ0n) is 16.8. The number of carbonyl (C=O) groups excluding carboxylic acids is 3. The molecule has 2 aliphatic rings. The van der Waals surface area contributed by atoms with Crippen molar-refractivity contribution >= 4 is 28.8 Å². The Morgan fingerprint density at radius 3 is 2.83 bits per heavy atom. The number of rotatable bonds is 4. The van der Waals surface area contributed by atoms with Crippen molar-refractivity contribution in [1.82, 2.24) is 10.2 Å². The maximum Gasteiger partial charge on any atom is 0.289 e. The first-order valence-corrected chi connectivity index (χ1v) is 10.7. The summed E-state index contributed by atoms with van der Waals surface area (Å²) in [5.41, 5.74) is 2.35. The SMILES string of the molecule is Cc1cc2c(o1)CC(C)(C)C[C@H]2NC(=O)c1cccc(CN2C(=O)CSC2=O)c1. The maximum atomic E-state index is 13.0. The molecule has 1 saturated heterocycles. The molecule has 29 heavy (non-hydrogen) atoms. The molecule has 1 aromatic heterocycles. The van der Waals surface area contributed by atoms with E-state index in [4.69, 9.17) is 4.42 Å². The monoisotopic (exact) mass is 412 g/mol. The molecule has 2 heterocycles. The second-order valence-electron chi connectivity index (χ2n) is 8.54. The van der Waals surface area contributed by atoms with Gasteiger partial charge in [0.25, 0.3) is 11.1 Å². The van der Waals surface area contributed by atoms with Crippen LogP contribution < -0.4 is 5.32 Å². The second-order valence-corrected chi connectivity index (χ2v) is 9.47. The van der Waals surface area contributed by atoms with E-state index < -0.39 is 0 Å². The minimum absolute atomic E-state index is 0.0330. The summed E-state index contributed by atoms with van der Waals surface area (Å²) in [6.07, 6.45) is 1.69. The predicted molar refractivity (Wildman–Crippen MR) is 111 cm³/mol. The molecule has 0 unspecified atom stereocenters. The number of amides is 3. The molecule has 3 amide bonds. The number of imide groups is 1. The van der Waals surface area contributed by atoms with Crippen molar-refractivity contribution in [2.75, 3.05) is 5.75 Å². The molecule has 0 bridgehead atoms. The average Bonchev–Trinajstić information content (AvgIpc) is 3.17. The lowest BCUT2D eigenvalue weighted by Gasteiger charge is -2.34. The minimum atomic E-state index is -0.239. The summed E-state index contributed by atoms with van der Waals surface area (Å²) in [5.74, 6) is 1.62. The molecule has 1 fully saturated rings. The van der Waals surface area contributed by atoms with Crippen LogP contribution in [0.2, 0.25) is 0 Å². The number of hydrogen-bond acceptors (Lipinski definition) is 5. The van der Waals surface area contributed by atoms with Crippen LogP contribution >= 0.6 is 11.8 Å². The second kappa shape index (κ2) is 7.37. The van der Waals surface area contributed by atoms with Gasteiger partial charge in [-0.15, -0.1) is 0 Å². The van der Waals surface area contributed by atoms with Gasteiger partial charge in [0.15, 0.2) is 0 Å². The van der Waals surface area contributed by atoms with Gasteiger partial charge in [-0.3, -0.25) is 19.3 Å². The maximum absolute atomic E-state index is 13.0. The fourth-order valence-electron chi connectivity index (χ4n) is 4.08. The third-order valence-electron chi connectivity index (χ3n) is 5.41. The summed E-state index contributed by atoms with van der Waals surface area (Å²) in [5, 5.41) is 2.91. The number of benzene rings is 1. The van der Waals surface area contributed by atoms with Gasteiger partial charge < -0.3 is 9.73 Å². The molecule has 1 aromatic carbocycles. The number of nitrogens with zero attached hydrogens (tertiary/aromatic N) is 1. The molecule has 6 nitrogen and oxygen atoms in total. The summed E-state index contributed by atoms with van der Waals surface area (Å²) in [7, 11) is 0. The number of fused-ring (bicyclic) bond motifs is 1. The van der Waals surface area contributed by atoms with Crippen LogP contribution in [0.5, 0.6) is 0 Å². The molecule has 1 atom stereocenters. The van der Waals surface area contributed by atoms with Gasteiger partial charge in [-0.25, -0.2) is 0 Å². The third-order valence-corrected chi connectivity index (χ3v) is 6.27. The van der Waals surface area contributed by atoms with Gasteiger partial charge in [-0.1, -0.05) is 37.7 Å². The van der Waals surface area contributed by atoms with Gasteiger partial charge in [-0.2, -0.15) is 0 Å². The van der Waals surface area contributed by atoms with Gasteiger partial charge in [0.1, 0.15) is 11.5 Å². The predicted octanol–water partition coefficient (Wildman–Crippen LogP) is 4.23. The standard InChI is InChI=1S/C22H24N2O4S/c1-13-7-16-17(9-22(2,3)10-18(16)28-13)23-20(26)15-6-4-5-14(8-15)11-24-19(25)12-29-21(24)27/h4-8,17H,9-12H2,1-3H3,(H,23,26)/t17-/m1/s1. The normalized spacial score (nSPS) is 20.7. The van der Waals surface area contributed by atoms with Crippen molar-refractivity contribution in [3.63, 3.8) is 0 Å². The van der Waals surface area contributed by atoms with Gasteiger partial charge in [-0.05, 0) is 42.5 Å². The summed E-state index contributed by atoms with van der Waals surface area (Å²) < 4.78 is 5.85. The molecular weight excluding hydrogens is 388 g/mol. The first-order chi connectivity index (χ1) is 13.7. The fourth-order valence-corrected chi connectivity index (χ4v) is 4.81. The first kappa shape index (κ1) is 19.8. The molecule has 0 spiro atoms. The van der Waals surface area contributed by atoms with E-state index in [2.05, 4.69) is 19.2 Å². The highest BCUT2D eigenvalue weighted by molar-refractivity contribution is 8.14. The van der Waals surface area contributed by atoms with Crippen LogP contribution in [0.4, 0.5) is 4.79 Å². The fraction of sp³-hybridized carbons (Fsp3) is 0.409. The number of aryl methyl sites for hydroxylation is 1. The van der Waals surface area contributed by atoms with E-state index in [1.807, 2.05) is 19.1 Å². The molecule has 1 aliphatic heterocycles.